The first-order chi connectivity index (χ1) is 15.2. The summed E-state index contributed by atoms with van der Waals surface area (Å²) in [5, 5.41) is 11.3. The Hall–Kier alpha value is -3.04. The van der Waals surface area contributed by atoms with E-state index in [2.05, 4.69) is 10.2 Å². The smallest absolute Gasteiger partial charge is 0.237 e. The average molecular weight is 455 g/mol. The Kier molecular flexibility index (Phi) is 6.43. The van der Waals surface area contributed by atoms with Crippen molar-refractivity contribution in [3.63, 3.8) is 0 Å². The predicted octanol–water partition coefficient (Wildman–Crippen LogP) is 4.62. The number of carbonyl (C=O) groups is 1. The van der Waals surface area contributed by atoms with Crippen LogP contribution < -0.4 is 14.4 Å². The summed E-state index contributed by atoms with van der Waals surface area (Å²) < 4.78 is 12.9. The molecule has 0 unspecified atom stereocenters. The van der Waals surface area contributed by atoms with Crippen LogP contribution in [0.15, 0.2) is 59.1 Å². The molecule has 0 saturated carbocycles. The zero-order valence-electron chi connectivity index (χ0n) is 17.4. The number of benzene rings is 2. The normalized spacial score (nSPS) is 10.9. The first-order valence-electron chi connectivity index (χ1n) is 9.69. The fourth-order valence-corrected chi connectivity index (χ4v) is 5.01. The van der Waals surface area contributed by atoms with Crippen LogP contribution in [-0.2, 0) is 4.79 Å². The van der Waals surface area contributed by atoms with Crippen LogP contribution in [0.4, 0.5) is 5.69 Å². The van der Waals surface area contributed by atoms with Crippen LogP contribution in [0.25, 0.3) is 16.2 Å². The highest BCUT2D eigenvalue weighted by Gasteiger charge is 2.20. The Morgan fingerprint density at radius 2 is 1.94 bits per heavy atom. The number of para-hydroxylation sites is 1. The van der Waals surface area contributed by atoms with E-state index in [4.69, 9.17) is 9.47 Å². The minimum Gasteiger partial charge on any atom is -0.497 e. The Labute approximate surface area is 188 Å². The molecular weight excluding hydrogens is 432 g/mol. The molecule has 1 amide bonds. The van der Waals surface area contributed by atoms with E-state index in [1.54, 1.807) is 19.1 Å². The quantitative estimate of drug-likeness (QED) is 0.362. The van der Waals surface area contributed by atoms with E-state index >= 15 is 0 Å². The van der Waals surface area contributed by atoms with Crippen LogP contribution in [0.3, 0.4) is 0 Å². The van der Waals surface area contributed by atoms with E-state index in [-0.39, 0.29) is 11.7 Å². The second kappa shape index (κ2) is 9.40. The summed E-state index contributed by atoms with van der Waals surface area (Å²) in [6.07, 6.45) is 0. The first kappa shape index (κ1) is 21.2. The topological polar surface area (TPSA) is 69.0 Å². The number of methoxy groups -OCH3 is 2. The number of hydrogen-bond acceptors (Lipinski definition) is 7. The highest BCUT2D eigenvalue weighted by molar-refractivity contribution is 7.99. The van der Waals surface area contributed by atoms with E-state index in [1.807, 2.05) is 65.2 Å². The fraction of sp³-hybridized carbons (Fsp3) is 0.227. The highest BCUT2D eigenvalue weighted by Crippen LogP contribution is 2.37. The molecule has 2 heterocycles. The molecule has 160 valence electrons. The molecule has 0 aliphatic heterocycles. The zero-order chi connectivity index (χ0) is 21.8. The molecule has 7 nitrogen and oxygen atoms in total. The highest BCUT2D eigenvalue weighted by atomic mass is 32.2. The lowest BCUT2D eigenvalue weighted by Gasteiger charge is -2.20. The molecule has 0 aliphatic carbocycles. The number of fused-ring (bicyclic) bond motifs is 1. The van der Waals surface area contributed by atoms with Gasteiger partial charge in [-0.2, -0.15) is 0 Å². The lowest BCUT2D eigenvalue weighted by atomic mass is 10.1. The van der Waals surface area contributed by atoms with E-state index < -0.39 is 0 Å². The van der Waals surface area contributed by atoms with E-state index in [9.17, 15) is 4.79 Å². The molecule has 0 atom stereocenters. The molecule has 0 spiro atoms. The van der Waals surface area contributed by atoms with Crippen molar-refractivity contribution in [3.8, 4) is 22.8 Å². The van der Waals surface area contributed by atoms with Crippen molar-refractivity contribution < 1.29 is 14.3 Å². The van der Waals surface area contributed by atoms with Crippen LogP contribution in [-0.4, -0.2) is 47.0 Å². The average Bonchev–Trinajstić information content (AvgIpc) is 3.41. The van der Waals surface area contributed by atoms with Crippen LogP contribution in [0.5, 0.6) is 11.5 Å². The molecule has 2 aromatic carbocycles. The molecule has 0 fully saturated rings. The number of carbonyl (C=O) groups excluding carboxylic acids is 1. The van der Waals surface area contributed by atoms with Gasteiger partial charge in [-0.1, -0.05) is 30.0 Å². The summed E-state index contributed by atoms with van der Waals surface area (Å²) in [5.74, 6) is 1.73. The molecule has 4 rings (SSSR count). The van der Waals surface area contributed by atoms with E-state index in [0.717, 1.165) is 33.4 Å². The SMILES string of the molecule is CCN(C(=O)CSc1nnc2scc(-c3cc(OC)ccc3OC)n12)c1ccccc1. The summed E-state index contributed by atoms with van der Waals surface area (Å²) >= 11 is 2.86. The van der Waals surface area contributed by atoms with Crippen molar-refractivity contribution in [3.05, 3.63) is 53.9 Å². The molecule has 0 N–H and O–H groups in total. The van der Waals surface area contributed by atoms with Crippen LogP contribution >= 0.6 is 23.1 Å². The van der Waals surface area contributed by atoms with Crippen LogP contribution in [0, 0.1) is 0 Å². The number of hydrogen-bond donors (Lipinski definition) is 0. The van der Waals surface area contributed by atoms with E-state index in [0.29, 0.717) is 11.7 Å². The Morgan fingerprint density at radius 1 is 1.13 bits per heavy atom. The van der Waals surface area contributed by atoms with Crippen LogP contribution in [0.1, 0.15) is 6.92 Å². The second-order valence-corrected chi connectivity index (χ2v) is 8.33. The number of thiazole rings is 1. The standard InChI is InChI=1S/C22H22N4O3S2/c1-4-25(15-8-6-5-7-9-15)20(27)14-31-22-24-23-21-26(22)18(13-30-21)17-12-16(28-2)10-11-19(17)29-3/h5-13H,4,14H2,1-3H3. The summed E-state index contributed by atoms with van der Waals surface area (Å²) in [4.78, 5) is 15.4. The monoisotopic (exact) mass is 454 g/mol. The van der Waals surface area contributed by atoms with Gasteiger partial charge >= 0.3 is 0 Å². The minimum absolute atomic E-state index is 0.0196. The molecule has 0 bridgehead atoms. The third-order valence-corrected chi connectivity index (χ3v) is 6.54. The summed E-state index contributed by atoms with van der Waals surface area (Å²) in [6, 6.07) is 15.3. The Bertz CT molecular complexity index is 1190. The number of rotatable bonds is 8. The van der Waals surface area contributed by atoms with Crippen molar-refractivity contribution in [1.29, 1.82) is 0 Å². The van der Waals surface area contributed by atoms with Gasteiger partial charge in [0.25, 0.3) is 0 Å². The number of amides is 1. The Balaban J connectivity index is 1.62. The number of anilines is 1. The van der Waals surface area contributed by atoms with Crippen LogP contribution in [0.2, 0.25) is 0 Å². The number of thioether (sulfide) groups is 1. The molecular formula is C22H22N4O3S2. The van der Waals surface area contributed by atoms with Gasteiger partial charge in [0.15, 0.2) is 5.16 Å². The summed E-state index contributed by atoms with van der Waals surface area (Å²) in [5.41, 5.74) is 2.66. The van der Waals surface area contributed by atoms with Gasteiger partial charge < -0.3 is 14.4 Å². The van der Waals surface area contributed by atoms with Gasteiger partial charge in [-0.25, -0.2) is 0 Å². The molecule has 0 radical (unpaired) electrons. The second-order valence-electron chi connectivity index (χ2n) is 6.55. The number of nitrogens with zero attached hydrogens (tertiary/aromatic N) is 4. The molecule has 0 saturated heterocycles. The van der Waals surface area contributed by atoms with Crippen molar-refractivity contribution in [2.24, 2.45) is 0 Å². The van der Waals surface area contributed by atoms with Gasteiger partial charge in [-0.05, 0) is 37.3 Å². The maximum atomic E-state index is 12.9. The third-order valence-electron chi connectivity index (χ3n) is 4.81. The lowest BCUT2D eigenvalue weighted by molar-refractivity contribution is -0.116. The maximum absolute atomic E-state index is 12.9. The van der Waals surface area contributed by atoms with Gasteiger partial charge in [0, 0.05) is 23.2 Å². The van der Waals surface area contributed by atoms with E-state index in [1.165, 1.54) is 23.1 Å². The van der Waals surface area contributed by atoms with Crippen molar-refractivity contribution in [2.75, 3.05) is 31.4 Å². The van der Waals surface area contributed by atoms with Gasteiger partial charge in [0.05, 0.1) is 25.7 Å². The molecule has 4 aromatic rings. The fourth-order valence-electron chi connectivity index (χ4n) is 3.31. The van der Waals surface area contributed by atoms with Crippen molar-refractivity contribution >= 4 is 39.7 Å². The van der Waals surface area contributed by atoms with Gasteiger partial charge in [0.2, 0.25) is 10.9 Å². The first-order valence-corrected chi connectivity index (χ1v) is 11.6. The molecule has 2 aromatic heterocycles. The zero-order valence-corrected chi connectivity index (χ0v) is 19.1. The number of aromatic nitrogens is 3. The van der Waals surface area contributed by atoms with Gasteiger partial charge in [0.1, 0.15) is 11.5 Å². The lowest BCUT2D eigenvalue weighted by Crippen LogP contribution is -2.32. The molecule has 31 heavy (non-hydrogen) atoms. The Morgan fingerprint density at radius 3 is 2.65 bits per heavy atom. The summed E-state index contributed by atoms with van der Waals surface area (Å²) in [7, 11) is 3.27. The maximum Gasteiger partial charge on any atom is 0.237 e. The van der Waals surface area contributed by atoms with Crippen molar-refractivity contribution in [2.45, 2.75) is 12.1 Å². The molecule has 0 aliphatic rings. The minimum atomic E-state index is 0.0196. The van der Waals surface area contributed by atoms with Gasteiger partial charge in [-0.15, -0.1) is 21.5 Å². The van der Waals surface area contributed by atoms with Gasteiger partial charge in [-0.3, -0.25) is 9.20 Å². The third kappa shape index (κ3) is 4.24. The largest absolute Gasteiger partial charge is 0.497 e. The number of ether oxygens (including phenoxy) is 2. The molecule has 9 heteroatoms. The summed E-state index contributed by atoms with van der Waals surface area (Å²) in [6.45, 7) is 2.57. The van der Waals surface area contributed by atoms with Crippen molar-refractivity contribution in [1.82, 2.24) is 14.6 Å². The predicted molar refractivity (Wildman–Crippen MR) is 125 cm³/mol.